The molecule has 9 heteroatoms. The van der Waals surface area contributed by atoms with E-state index in [1.54, 1.807) is 6.20 Å². The van der Waals surface area contributed by atoms with E-state index < -0.39 is 0 Å². The Morgan fingerprint density at radius 3 is 2.87 bits per heavy atom. The number of halogens is 1. The first-order chi connectivity index (χ1) is 14.3. The lowest BCUT2D eigenvalue weighted by Gasteiger charge is -2.11. The van der Waals surface area contributed by atoms with Crippen molar-refractivity contribution in [3.05, 3.63) is 54.1 Å². The van der Waals surface area contributed by atoms with Crippen LogP contribution in [0.15, 0.2) is 52.2 Å². The summed E-state index contributed by atoms with van der Waals surface area (Å²) < 4.78 is 7.32. The van der Waals surface area contributed by atoms with Gasteiger partial charge in [0.15, 0.2) is 11.8 Å². The van der Waals surface area contributed by atoms with Crippen molar-refractivity contribution < 1.29 is 4.52 Å². The summed E-state index contributed by atoms with van der Waals surface area (Å²) >= 11 is 0. The smallest absolute Gasteiger partial charge is 0.257 e. The molecule has 1 aromatic carbocycles. The van der Waals surface area contributed by atoms with Crippen molar-refractivity contribution in [2.45, 2.75) is 46.2 Å². The van der Waals surface area contributed by atoms with E-state index in [0.717, 1.165) is 61.8 Å². The first-order valence-electron chi connectivity index (χ1n) is 10.2. The first-order valence-corrected chi connectivity index (χ1v) is 10.2. The maximum Gasteiger partial charge on any atom is 0.257 e. The highest BCUT2D eigenvalue weighted by atomic mass is 127. The normalized spacial score (nSPS) is 11.2. The number of hydrogen-bond acceptors (Lipinski definition) is 5. The molecule has 2 aromatic heterocycles. The van der Waals surface area contributed by atoms with Gasteiger partial charge in [-0.1, -0.05) is 24.2 Å². The molecule has 0 fully saturated rings. The van der Waals surface area contributed by atoms with E-state index in [-0.39, 0.29) is 24.0 Å². The van der Waals surface area contributed by atoms with Gasteiger partial charge in [0, 0.05) is 44.0 Å². The second-order valence-corrected chi connectivity index (χ2v) is 6.71. The number of aryl methyl sites for hydroxylation is 2. The predicted molar refractivity (Wildman–Crippen MR) is 129 cm³/mol. The Labute approximate surface area is 194 Å². The Kier molecular flexibility index (Phi) is 10.3. The van der Waals surface area contributed by atoms with Crippen LogP contribution in [0.25, 0.3) is 11.5 Å². The van der Waals surface area contributed by atoms with Gasteiger partial charge in [0.2, 0.25) is 0 Å². The van der Waals surface area contributed by atoms with Crippen LogP contribution in [0.4, 0.5) is 0 Å². The maximum atomic E-state index is 5.39. The van der Waals surface area contributed by atoms with Crippen molar-refractivity contribution in [3.8, 4) is 11.5 Å². The lowest BCUT2D eigenvalue weighted by Crippen LogP contribution is -2.38. The summed E-state index contributed by atoms with van der Waals surface area (Å²) in [6.07, 6.45) is 6.56. The highest BCUT2D eigenvalue weighted by Crippen LogP contribution is 2.19. The topological polar surface area (TPSA) is 93.2 Å². The number of aromatic nitrogens is 4. The molecule has 2 N–H and O–H groups in total. The zero-order valence-electron chi connectivity index (χ0n) is 17.5. The number of rotatable bonds is 10. The molecular formula is C21H30IN7O. The van der Waals surface area contributed by atoms with Gasteiger partial charge in [-0.3, -0.25) is 4.68 Å². The van der Waals surface area contributed by atoms with Crippen LogP contribution in [-0.2, 0) is 19.5 Å². The molecule has 0 aliphatic rings. The predicted octanol–water partition coefficient (Wildman–Crippen LogP) is 3.65. The fourth-order valence-electron chi connectivity index (χ4n) is 2.89. The molecule has 0 bridgehead atoms. The molecule has 0 unspecified atom stereocenters. The molecule has 0 saturated heterocycles. The van der Waals surface area contributed by atoms with Gasteiger partial charge in [-0.25, -0.2) is 4.99 Å². The summed E-state index contributed by atoms with van der Waals surface area (Å²) in [6, 6.07) is 10.0. The van der Waals surface area contributed by atoms with Gasteiger partial charge in [-0.05, 0) is 43.5 Å². The SMILES string of the molecule is CCCc1noc(-c2cccc(CN=C(NCC)NCCCn3cccn3)c2)n1.I. The Morgan fingerprint density at radius 1 is 1.20 bits per heavy atom. The number of hydrogen-bond donors (Lipinski definition) is 2. The van der Waals surface area contributed by atoms with Crippen LogP contribution >= 0.6 is 24.0 Å². The fourth-order valence-corrected chi connectivity index (χ4v) is 2.89. The van der Waals surface area contributed by atoms with Gasteiger partial charge in [0.1, 0.15) is 0 Å². The van der Waals surface area contributed by atoms with Crippen LogP contribution in [-0.4, -0.2) is 39.0 Å². The van der Waals surface area contributed by atoms with E-state index in [0.29, 0.717) is 12.4 Å². The quantitative estimate of drug-likeness (QED) is 0.183. The van der Waals surface area contributed by atoms with Gasteiger partial charge in [-0.15, -0.1) is 24.0 Å². The summed E-state index contributed by atoms with van der Waals surface area (Å²) in [6.45, 7) is 7.25. The molecule has 0 aliphatic carbocycles. The van der Waals surface area contributed by atoms with Crippen LogP contribution in [0.5, 0.6) is 0 Å². The van der Waals surface area contributed by atoms with Crippen LogP contribution in [0.2, 0.25) is 0 Å². The average molecular weight is 523 g/mol. The summed E-state index contributed by atoms with van der Waals surface area (Å²) in [5.41, 5.74) is 2.01. The molecule has 0 radical (unpaired) electrons. The Bertz CT molecular complexity index is 892. The van der Waals surface area contributed by atoms with E-state index in [9.17, 15) is 0 Å². The lowest BCUT2D eigenvalue weighted by molar-refractivity contribution is 0.422. The van der Waals surface area contributed by atoms with Crippen molar-refractivity contribution in [1.29, 1.82) is 0 Å². The molecule has 30 heavy (non-hydrogen) atoms. The average Bonchev–Trinajstić information content (AvgIpc) is 3.42. The molecule has 162 valence electrons. The molecule has 2 heterocycles. The Hall–Kier alpha value is -2.43. The third-order valence-electron chi connectivity index (χ3n) is 4.30. The van der Waals surface area contributed by atoms with E-state index in [2.05, 4.69) is 45.8 Å². The van der Waals surface area contributed by atoms with E-state index >= 15 is 0 Å². The molecule has 0 aliphatic heterocycles. The third kappa shape index (κ3) is 7.43. The molecule has 0 amide bonds. The number of guanidine groups is 1. The Morgan fingerprint density at radius 2 is 2.10 bits per heavy atom. The molecular weight excluding hydrogens is 493 g/mol. The minimum absolute atomic E-state index is 0. The summed E-state index contributed by atoms with van der Waals surface area (Å²) in [4.78, 5) is 9.15. The van der Waals surface area contributed by atoms with Crippen LogP contribution in [0, 0.1) is 0 Å². The van der Waals surface area contributed by atoms with Gasteiger partial charge in [0.05, 0.1) is 6.54 Å². The lowest BCUT2D eigenvalue weighted by atomic mass is 10.1. The van der Waals surface area contributed by atoms with Gasteiger partial charge in [-0.2, -0.15) is 10.1 Å². The van der Waals surface area contributed by atoms with Crippen LogP contribution in [0.1, 0.15) is 38.1 Å². The molecule has 0 atom stereocenters. The second kappa shape index (κ2) is 13.0. The molecule has 3 rings (SSSR count). The van der Waals surface area contributed by atoms with E-state index in [4.69, 9.17) is 9.52 Å². The van der Waals surface area contributed by atoms with Crippen molar-refractivity contribution in [2.75, 3.05) is 13.1 Å². The van der Waals surface area contributed by atoms with E-state index in [1.165, 1.54) is 0 Å². The van der Waals surface area contributed by atoms with Crippen molar-refractivity contribution >= 4 is 29.9 Å². The van der Waals surface area contributed by atoms with E-state index in [1.807, 2.05) is 35.1 Å². The van der Waals surface area contributed by atoms with Crippen molar-refractivity contribution in [1.82, 2.24) is 30.6 Å². The third-order valence-corrected chi connectivity index (χ3v) is 4.30. The minimum atomic E-state index is 0. The molecule has 0 saturated carbocycles. The maximum absolute atomic E-state index is 5.39. The zero-order valence-corrected chi connectivity index (χ0v) is 19.9. The summed E-state index contributed by atoms with van der Waals surface area (Å²) in [7, 11) is 0. The number of benzene rings is 1. The van der Waals surface area contributed by atoms with Crippen molar-refractivity contribution in [2.24, 2.45) is 4.99 Å². The molecule has 0 spiro atoms. The zero-order chi connectivity index (χ0) is 20.3. The number of nitrogens with one attached hydrogen (secondary N) is 2. The molecule has 8 nitrogen and oxygen atoms in total. The van der Waals surface area contributed by atoms with Crippen molar-refractivity contribution in [3.63, 3.8) is 0 Å². The monoisotopic (exact) mass is 523 g/mol. The first kappa shape index (κ1) is 23.8. The van der Waals surface area contributed by atoms with Gasteiger partial charge in [0.25, 0.3) is 5.89 Å². The fraction of sp³-hybridized carbons (Fsp3) is 0.429. The van der Waals surface area contributed by atoms with Gasteiger partial charge >= 0.3 is 0 Å². The summed E-state index contributed by atoms with van der Waals surface area (Å²) in [5, 5.41) is 14.9. The molecule has 3 aromatic rings. The number of aliphatic imine (C=N–C) groups is 1. The highest BCUT2D eigenvalue weighted by molar-refractivity contribution is 14.0. The summed E-state index contributed by atoms with van der Waals surface area (Å²) in [5.74, 6) is 2.11. The highest BCUT2D eigenvalue weighted by Gasteiger charge is 2.08. The van der Waals surface area contributed by atoms with Crippen LogP contribution < -0.4 is 10.6 Å². The second-order valence-electron chi connectivity index (χ2n) is 6.71. The van der Waals surface area contributed by atoms with Crippen LogP contribution in [0.3, 0.4) is 0 Å². The minimum Gasteiger partial charge on any atom is -0.357 e. The largest absolute Gasteiger partial charge is 0.357 e. The Balaban J connectivity index is 0.00000320. The standard InChI is InChI=1S/C21H29N7O.HI/c1-3-8-19-26-20(29-27-19)18-10-5-9-17(15-18)16-24-21(22-4-2)23-11-6-13-28-14-7-12-25-28;/h5,7,9-10,12,14-15H,3-4,6,8,11,13,16H2,1-2H3,(H2,22,23,24);1H. The number of nitrogens with zero attached hydrogens (tertiary/aromatic N) is 5. The van der Waals surface area contributed by atoms with Gasteiger partial charge < -0.3 is 15.2 Å².